The van der Waals surface area contributed by atoms with E-state index in [9.17, 15) is 0 Å². The standard InChI is InChI=1S/C30H56N4O2/c1-29(2,3)23-14-10-19(11-15-23)25-31-33-27(35-25)21-8-7-9-22(18-21)28-34-32-26(36-28)20-12-16-24(17-13-20)30(4,5)6/h19-28,31-34H,7-18H2,1-6H3/t19?,20?,21?,22?,23?,24?,25-,26?,27?,28-/m1/s1. The van der Waals surface area contributed by atoms with E-state index in [-0.39, 0.29) is 24.9 Å². The molecule has 208 valence electrons. The van der Waals surface area contributed by atoms with Gasteiger partial charge in [-0.1, -0.05) is 48.0 Å². The lowest BCUT2D eigenvalue weighted by atomic mass is 9.69. The number of hydrazine groups is 2. The molecule has 0 aromatic heterocycles. The molecule has 2 saturated heterocycles. The van der Waals surface area contributed by atoms with Crippen molar-refractivity contribution in [1.29, 1.82) is 0 Å². The lowest BCUT2D eigenvalue weighted by Gasteiger charge is -2.39. The van der Waals surface area contributed by atoms with Crippen molar-refractivity contribution in [2.75, 3.05) is 0 Å². The Balaban J connectivity index is 1.07. The second-order valence-electron chi connectivity index (χ2n) is 15.2. The van der Waals surface area contributed by atoms with Crippen molar-refractivity contribution < 1.29 is 9.47 Å². The van der Waals surface area contributed by atoms with Gasteiger partial charge in [0.25, 0.3) is 0 Å². The van der Waals surface area contributed by atoms with E-state index in [2.05, 4.69) is 63.2 Å². The quantitative estimate of drug-likeness (QED) is 0.374. The molecule has 5 fully saturated rings. The molecular weight excluding hydrogens is 448 g/mol. The number of ether oxygens (including phenoxy) is 2. The normalized spacial score (nSPS) is 45.2. The van der Waals surface area contributed by atoms with Crippen LogP contribution in [0.25, 0.3) is 0 Å². The zero-order valence-electron chi connectivity index (χ0n) is 24.1. The first-order valence-corrected chi connectivity index (χ1v) is 15.4. The first kappa shape index (κ1) is 27.3. The Labute approximate surface area is 221 Å². The summed E-state index contributed by atoms with van der Waals surface area (Å²) >= 11 is 0. The van der Waals surface area contributed by atoms with Crippen molar-refractivity contribution in [3.63, 3.8) is 0 Å². The molecule has 0 amide bonds. The van der Waals surface area contributed by atoms with Gasteiger partial charge in [0.15, 0.2) is 0 Å². The molecule has 0 aromatic carbocycles. The van der Waals surface area contributed by atoms with E-state index < -0.39 is 0 Å². The topological polar surface area (TPSA) is 66.6 Å². The summed E-state index contributed by atoms with van der Waals surface area (Å²) in [5.74, 6) is 4.08. The van der Waals surface area contributed by atoms with E-state index in [0.717, 1.165) is 11.8 Å². The van der Waals surface area contributed by atoms with Gasteiger partial charge in [-0.05, 0) is 105 Å². The highest BCUT2D eigenvalue weighted by Crippen LogP contribution is 2.44. The van der Waals surface area contributed by atoms with Crippen molar-refractivity contribution in [3.05, 3.63) is 0 Å². The summed E-state index contributed by atoms with van der Waals surface area (Å²) in [4.78, 5) is 0. The van der Waals surface area contributed by atoms with Gasteiger partial charge in [-0.2, -0.15) is 0 Å². The number of hydrogen-bond donors (Lipinski definition) is 4. The van der Waals surface area contributed by atoms with Crippen LogP contribution < -0.4 is 21.7 Å². The van der Waals surface area contributed by atoms with Crippen LogP contribution in [0, 0.1) is 46.3 Å². The molecule has 2 aliphatic heterocycles. The second kappa shape index (κ2) is 11.1. The van der Waals surface area contributed by atoms with E-state index in [1.54, 1.807) is 0 Å². The van der Waals surface area contributed by atoms with E-state index in [0.29, 0.717) is 34.5 Å². The summed E-state index contributed by atoms with van der Waals surface area (Å²) in [5.41, 5.74) is 15.1. The van der Waals surface area contributed by atoms with E-state index in [1.165, 1.54) is 77.0 Å². The molecule has 0 radical (unpaired) electrons. The van der Waals surface area contributed by atoms with Crippen molar-refractivity contribution in [3.8, 4) is 0 Å². The average Bonchev–Trinajstić information content (AvgIpc) is 3.54. The smallest absolute Gasteiger partial charge is 0.125 e. The minimum absolute atomic E-state index is 0.135. The lowest BCUT2D eigenvalue weighted by molar-refractivity contribution is -0.0741. The molecule has 3 aliphatic carbocycles. The maximum atomic E-state index is 6.63. The van der Waals surface area contributed by atoms with Crippen LogP contribution >= 0.6 is 0 Å². The van der Waals surface area contributed by atoms with Gasteiger partial charge in [0.05, 0.1) is 0 Å². The highest BCUT2D eigenvalue weighted by Gasteiger charge is 2.43. The van der Waals surface area contributed by atoms with Crippen molar-refractivity contribution in [2.45, 2.75) is 144 Å². The molecule has 0 aromatic rings. The first-order valence-electron chi connectivity index (χ1n) is 15.4. The van der Waals surface area contributed by atoms with Crippen LogP contribution in [0.3, 0.4) is 0 Å². The average molecular weight is 505 g/mol. The Morgan fingerprint density at radius 2 is 0.778 bits per heavy atom. The van der Waals surface area contributed by atoms with Gasteiger partial charge in [-0.3, -0.25) is 0 Å². The Kier molecular flexibility index (Phi) is 8.42. The summed E-state index contributed by atoms with van der Waals surface area (Å²) in [7, 11) is 0. The Morgan fingerprint density at radius 3 is 1.11 bits per heavy atom. The molecule has 3 saturated carbocycles. The SMILES string of the molecule is CC(C)(C)C1CCC(C2NN[C@@H](C3CCCC(C4NN[C@@H](C5CCC(C(C)(C)C)CC5)O4)C3)O2)CC1. The molecule has 6 heteroatoms. The highest BCUT2D eigenvalue weighted by atomic mass is 16.6. The second-order valence-corrected chi connectivity index (χ2v) is 15.2. The molecule has 5 rings (SSSR count). The summed E-state index contributed by atoms with van der Waals surface area (Å²) in [5, 5.41) is 0. The van der Waals surface area contributed by atoms with Gasteiger partial charge < -0.3 is 9.47 Å². The van der Waals surface area contributed by atoms with Gasteiger partial charge in [0.1, 0.15) is 24.9 Å². The van der Waals surface area contributed by atoms with Crippen molar-refractivity contribution in [1.82, 2.24) is 21.7 Å². The lowest BCUT2D eigenvalue weighted by Crippen LogP contribution is -2.44. The van der Waals surface area contributed by atoms with Gasteiger partial charge >= 0.3 is 0 Å². The number of nitrogens with one attached hydrogen (secondary N) is 4. The van der Waals surface area contributed by atoms with Crippen LogP contribution in [-0.4, -0.2) is 24.9 Å². The van der Waals surface area contributed by atoms with Crippen LogP contribution in [0.1, 0.15) is 119 Å². The minimum atomic E-state index is 0.135. The first-order chi connectivity index (χ1) is 17.1. The third kappa shape index (κ3) is 6.31. The van der Waals surface area contributed by atoms with Crippen LogP contribution in [0.5, 0.6) is 0 Å². The van der Waals surface area contributed by atoms with Crippen LogP contribution in [0.15, 0.2) is 0 Å². The predicted octanol–water partition coefficient (Wildman–Crippen LogP) is 6.05. The predicted molar refractivity (Wildman–Crippen MR) is 145 cm³/mol. The minimum Gasteiger partial charge on any atom is -0.342 e. The Bertz CT molecular complexity index is 645. The Morgan fingerprint density at radius 1 is 0.444 bits per heavy atom. The molecule has 6 nitrogen and oxygen atoms in total. The molecule has 2 heterocycles. The summed E-state index contributed by atoms with van der Waals surface area (Å²) in [6.07, 6.45) is 16.0. The molecule has 36 heavy (non-hydrogen) atoms. The summed E-state index contributed by atoms with van der Waals surface area (Å²) in [6, 6.07) is 0. The monoisotopic (exact) mass is 504 g/mol. The fraction of sp³-hybridized carbons (Fsp3) is 1.00. The fourth-order valence-corrected chi connectivity index (χ4v) is 8.09. The number of rotatable bonds is 4. The molecule has 4 unspecified atom stereocenters. The van der Waals surface area contributed by atoms with E-state index >= 15 is 0 Å². The molecule has 0 bridgehead atoms. The maximum Gasteiger partial charge on any atom is 0.125 e. The Hall–Kier alpha value is -0.240. The molecule has 6 atom stereocenters. The fourth-order valence-electron chi connectivity index (χ4n) is 8.09. The zero-order chi connectivity index (χ0) is 25.5. The number of hydrogen-bond acceptors (Lipinski definition) is 6. The van der Waals surface area contributed by atoms with Crippen LogP contribution in [-0.2, 0) is 9.47 Å². The molecular formula is C30H56N4O2. The third-order valence-corrected chi connectivity index (χ3v) is 10.8. The summed E-state index contributed by atoms with van der Waals surface area (Å²) in [6.45, 7) is 14.4. The van der Waals surface area contributed by atoms with E-state index in [4.69, 9.17) is 9.47 Å². The zero-order valence-corrected chi connectivity index (χ0v) is 24.1. The van der Waals surface area contributed by atoms with Gasteiger partial charge in [0.2, 0.25) is 0 Å². The third-order valence-electron chi connectivity index (χ3n) is 10.8. The van der Waals surface area contributed by atoms with Crippen molar-refractivity contribution in [2.24, 2.45) is 46.3 Å². The van der Waals surface area contributed by atoms with Gasteiger partial charge in [0, 0.05) is 11.8 Å². The van der Waals surface area contributed by atoms with Crippen molar-refractivity contribution >= 4 is 0 Å². The van der Waals surface area contributed by atoms with Gasteiger partial charge in [-0.15, -0.1) is 0 Å². The highest BCUT2D eigenvalue weighted by molar-refractivity contribution is 4.90. The summed E-state index contributed by atoms with van der Waals surface area (Å²) < 4.78 is 13.3. The van der Waals surface area contributed by atoms with Crippen LogP contribution in [0.2, 0.25) is 0 Å². The van der Waals surface area contributed by atoms with E-state index in [1.807, 2.05) is 0 Å². The molecule has 0 spiro atoms. The molecule has 4 N–H and O–H groups in total. The van der Waals surface area contributed by atoms with Gasteiger partial charge in [-0.25, -0.2) is 21.7 Å². The molecule has 5 aliphatic rings. The van der Waals surface area contributed by atoms with Crippen LogP contribution in [0.4, 0.5) is 0 Å². The largest absolute Gasteiger partial charge is 0.342 e. The maximum absolute atomic E-state index is 6.63.